The smallest absolute Gasteiger partial charge is 0.168 e. The third kappa shape index (κ3) is 2.81. The molecule has 1 atom stereocenters. The van der Waals surface area contributed by atoms with Crippen molar-refractivity contribution < 1.29 is 4.74 Å². The number of hydrogen-bond donors (Lipinski definition) is 1. The summed E-state index contributed by atoms with van der Waals surface area (Å²) in [4.78, 5) is 0. The van der Waals surface area contributed by atoms with Gasteiger partial charge in [-0.15, -0.1) is 5.10 Å². The molecule has 1 heterocycles. The van der Waals surface area contributed by atoms with Crippen LogP contribution >= 0.6 is 0 Å². The van der Waals surface area contributed by atoms with E-state index in [4.69, 9.17) is 4.74 Å². The fraction of sp³-hybridized carbons (Fsp3) is 0.909. The van der Waals surface area contributed by atoms with Gasteiger partial charge in [0.2, 0.25) is 0 Å². The Bertz CT molecular complexity index is 347. The van der Waals surface area contributed by atoms with E-state index in [1.165, 1.54) is 12.8 Å². The zero-order chi connectivity index (χ0) is 12.3. The Morgan fingerprint density at radius 2 is 2.29 bits per heavy atom. The molecule has 0 saturated heterocycles. The predicted octanol–water partition coefficient (Wildman–Crippen LogP) is 0.941. The number of hydrogen-bond acceptors (Lipinski definition) is 5. The van der Waals surface area contributed by atoms with E-state index in [1.54, 1.807) is 7.11 Å². The van der Waals surface area contributed by atoms with Gasteiger partial charge in [-0.05, 0) is 36.1 Å². The molecule has 1 saturated carbocycles. The second kappa shape index (κ2) is 5.55. The fourth-order valence-electron chi connectivity index (χ4n) is 2.27. The molecular formula is C11H21N5O. The van der Waals surface area contributed by atoms with Gasteiger partial charge in [0.15, 0.2) is 5.82 Å². The van der Waals surface area contributed by atoms with Gasteiger partial charge in [0.1, 0.15) is 0 Å². The molecule has 0 aliphatic heterocycles. The molecule has 0 bridgehead atoms. The Morgan fingerprint density at radius 1 is 1.53 bits per heavy atom. The first-order valence-corrected chi connectivity index (χ1v) is 6.22. The molecule has 1 fully saturated rings. The zero-order valence-corrected chi connectivity index (χ0v) is 10.8. The minimum Gasteiger partial charge on any atom is -0.383 e. The lowest BCUT2D eigenvalue weighted by Gasteiger charge is -2.33. The molecule has 0 radical (unpaired) electrons. The molecule has 1 N–H and O–H groups in total. The van der Waals surface area contributed by atoms with Crippen LogP contribution in [0.4, 0.5) is 0 Å². The van der Waals surface area contributed by atoms with Crippen molar-refractivity contribution in [2.45, 2.75) is 38.8 Å². The van der Waals surface area contributed by atoms with E-state index in [9.17, 15) is 0 Å². The Kier molecular flexibility index (Phi) is 4.06. The second-order valence-corrected chi connectivity index (χ2v) is 4.88. The molecule has 2 rings (SSSR count). The Labute approximate surface area is 102 Å². The summed E-state index contributed by atoms with van der Waals surface area (Å²) in [7, 11) is 1.70. The van der Waals surface area contributed by atoms with Gasteiger partial charge in [-0.1, -0.05) is 6.92 Å². The van der Waals surface area contributed by atoms with Crippen LogP contribution in [0.15, 0.2) is 0 Å². The van der Waals surface area contributed by atoms with E-state index in [2.05, 4.69) is 34.7 Å². The predicted molar refractivity (Wildman–Crippen MR) is 63.5 cm³/mol. The number of ether oxygens (including phenoxy) is 1. The quantitative estimate of drug-likeness (QED) is 0.748. The van der Waals surface area contributed by atoms with Crippen LogP contribution in [0.2, 0.25) is 0 Å². The minimum atomic E-state index is 0.163. The standard InChI is InChI=1S/C11H21N5O/c1-8-6-10(7-8)16-11(13-14-15-16)9(2)12-4-5-17-3/h8-10,12H,4-7H2,1-3H3. The Balaban J connectivity index is 1.93. The molecule has 17 heavy (non-hydrogen) atoms. The highest BCUT2D eigenvalue weighted by molar-refractivity contribution is 4.95. The summed E-state index contributed by atoms with van der Waals surface area (Å²) in [5.41, 5.74) is 0. The maximum Gasteiger partial charge on any atom is 0.168 e. The summed E-state index contributed by atoms with van der Waals surface area (Å²) in [5.74, 6) is 1.73. The average Bonchev–Trinajstić information content (AvgIpc) is 2.73. The highest BCUT2D eigenvalue weighted by Gasteiger charge is 2.30. The Morgan fingerprint density at radius 3 is 2.94 bits per heavy atom. The lowest BCUT2D eigenvalue weighted by atomic mass is 9.82. The van der Waals surface area contributed by atoms with E-state index in [0.717, 1.165) is 18.3 Å². The van der Waals surface area contributed by atoms with Gasteiger partial charge >= 0.3 is 0 Å². The maximum absolute atomic E-state index is 5.01. The summed E-state index contributed by atoms with van der Waals surface area (Å²) in [6, 6.07) is 0.651. The number of nitrogens with one attached hydrogen (secondary N) is 1. The maximum atomic E-state index is 5.01. The zero-order valence-electron chi connectivity index (χ0n) is 10.8. The lowest BCUT2D eigenvalue weighted by Crippen LogP contribution is -2.31. The van der Waals surface area contributed by atoms with Crippen LogP contribution in [0.1, 0.15) is 44.6 Å². The number of tetrazole rings is 1. The van der Waals surface area contributed by atoms with E-state index in [-0.39, 0.29) is 6.04 Å². The van der Waals surface area contributed by atoms with Crippen molar-refractivity contribution in [3.63, 3.8) is 0 Å². The van der Waals surface area contributed by atoms with Crippen LogP contribution in [-0.4, -0.2) is 40.5 Å². The fourth-order valence-corrected chi connectivity index (χ4v) is 2.27. The third-order valence-electron chi connectivity index (χ3n) is 3.36. The van der Waals surface area contributed by atoms with Crippen molar-refractivity contribution in [3.8, 4) is 0 Å². The first kappa shape index (κ1) is 12.4. The van der Waals surface area contributed by atoms with Gasteiger partial charge in [-0.3, -0.25) is 0 Å². The normalized spacial score (nSPS) is 25.6. The summed E-state index contributed by atoms with van der Waals surface area (Å²) < 4.78 is 6.99. The molecule has 1 unspecified atom stereocenters. The van der Waals surface area contributed by atoms with Gasteiger partial charge in [0.05, 0.1) is 18.7 Å². The number of rotatable bonds is 6. The van der Waals surface area contributed by atoms with Gasteiger partial charge < -0.3 is 10.1 Å². The van der Waals surface area contributed by atoms with Crippen molar-refractivity contribution in [1.29, 1.82) is 0 Å². The largest absolute Gasteiger partial charge is 0.383 e. The molecule has 0 spiro atoms. The van der Waals surface area contributed by atoms with Gasteiger partial charge in [-0.2, -0.15) is 0 Å². The number of aromatic nitrogens is 4. The van der Waals surface area contributed by atoms with Crippen molar-refractivity contribution >= 4 is 0 Å². The monoisotopic (exact) mass is 239 g/mol. The van der Waals surface area contributed by atoms with Crippen molar-refractivity contribution in [1.82, 2.24) is 25.5 Å². The SMILES string of the molecule is COCCNC(C)c1nnnn1C1CC(C)C1. The van der Waals surface area contributed by atoms with Gasteiger partial charge in [-0.25, -0.2) is 4.68 Å². The molecule has 1 aromatic heterocycles. The topological polar surface area (TPSA) is 64.9 Å². The molecule has 6 heteroatoms. The van der Waals surface area contributed by atoms with E-state index in [1.807, 2.05) is 4.68 Å². The molecule has 0 aromatic carbocycles. The van der Waals surface area contributed by atoms with Gasteiger partial charge in [0.25, 0.3) is 0 Å². The van der Waals surface area contributed by atoms with Crippen LogP contribution in [0.3, 0.4) is 0 Å². The van der Waals surface area contributed by atoms with Crippen LogP contribution < -0.4 is 5.32 Å². The summed E-state index contributed by atoms with van der Waals surface area (Å²) in [6.45, 7) is 5.86. The van der Waals surface area contributed by atoms with Crippen molar-refractivity contribution in [3.05, 3.63) is 5.82 Å². The van der Waals surface area contributed by atoms with Crippen LogP contribution in [0, 0.1) is 5.92 Å². The number of nitrogens with zero attached hydrogens (tertiary/aromatic N) is 4. The summed E-state index contributed by atoms with van der Waals surface area (Å²) in [6.07, 6.45) is 2.37. The second-order valence-electron chi connectivity index (χ2n) is 4.88. The van der Waals surface area contributed by atoms with Crippen molar-refractivity contribution in [2.75, 3.05) is 20.3 Å². The Hall–Kier alpha value is -1.01. The van der Waals surface area contributed by atoms with Crippen LogP contribution in [0.25, 0.3) is 0 Å². The summed E-state index contributed by atoms with van der Waals surface area (Å²) >= 11 is 0. The number of methoxy groups -OCH3 is 1. The van der Waals surface area contributed by atoms with Crippen molar-refractivity contribution in [2.24, 2.45) is 5.92 Å². The van der Waals surface area contributed by atoms with Gasteiger partial charge in [0, 0.05) is 13.7 Å². The molecule has 1 aliphatic carbocycles. The highest BCUT2D eigenvalue weighted by Crippen LogP contribution is 2.37. The molecule has 96 valence electrons. The first-order chi connectivity index (χ1) is 8.22. The van der Waals surface area contributed by atoms with E-state index < -0.39 is 0 Å². The van der Waals surface area contributed by atoms with Crippen LogP contribution in [-0.2, 0) is 4.74 Å². The molecule has 1 aromatic rings. The lowest BCUT2D eigenvalue weighted by molar-refractivity contribution is 0.184. The molecule has 6 nitrogen and oxygen atoms in total. The first-order valence-electron chi connectivity index (χ1n) is 6.22. The van der Waals surface area contributed by atoms with E-state index in [0.29, 0.717) is 12.6 Å². The summed E-state index contributed by atoms with van der Waals surface area (Å²) in [5, 5.41) is 15.4. The molecular weight excluding hydrogens is 218 g/mol. The molecule has 1 aliphatic rings. The van der Waals surface area contributed by atoms with E-state index >= 15 is 0 Å². The third-order valence-corrected chi connectivity index (χ3v) is 3.36. The molecule has 0 amide bonds. The average molecular weight is 239 g/mol. The minimum absolute atomic E-state index is 0.163. The highest BCUT2D eigenvalue weighted by atomic mass is 16.5. The van der Waals surface area contributed by atoms with Crippen LogP contribution in [0.5, 0.6) is 0 Å².